The van der Waals surface area contributed by atoms with E-state index in [9.17, 15) is 4.39 Å². The Balaban J connectivity index is 3.21. The maximum absolute atomic E-state index is 14.1. The van der Waals surface area contributed by atoms with Crippen molar-refractivity contribution in [2.45, 2.75) is 40.7 Å². The van der Waals surface area contributed by atoms with Gasteiger partial charge in [0, 0.05) is 5.56 Å². The fourth-order valence-corrected chi connectivity index (χ4v) is 2.20. The van der Waals surface area contributed by atoms with Gasteiger partial charge in [0.1, 0.15) is 5.82 Å². The number of nitrogens with one attached hydrogen (secondary N) is 1. The first-order valence-corrected chi connectivity index (χ1v) is 6.11. The van der Waals surface area contributed by atoms with Gasteiger partial charge in [-0.15, -0.1) is 0 Å². The Kier molecular flexibility index (Phi) is 4.66. The van der Waals surface area contributed by atoms with Gasteiger partial charge in [0.15, 0.2) is 0 Å². The zero-order chi connectivity index (χ0) is 13.2. The van der Waals surface area contributed by atoms with Crippen molar-refractivity contribution in [1.82, 2.24) is 5.43 Å². The van der Waals surface area contributed by atoms with Crippen LogP contribution in [0.4, 0.5) is 4.39 Å². The van der Waals surface area contributed by atoms with Crippen molar-refractivity contribution in [3.8, 4) is 0 Å². The minimum atomic E-state index is -0.169. The molecule has 0 aliphatic heterocycles. The average molecular weight is 238 g/mol. The highest BCUT2D eigenvalue weighted by Crippen LogP contribution is 2.31. The van der Waals surface area contributed by atoms with E-state index < -0.39 is 0 Å². The van der Waals surface area contributed by atoms with Gasteiger partial charge in [-0.05, 0) is 42.9 Å². The summed E-state index contributed by atoms with van der Waals surface area (Å²) in [6, 6.07) is 3.42. The number of hydrogen-bond donors (Lipinski definition) is 2. The number of hydrazine groups is 1. The third-order valence-electron chi connectivity index (χ3n) is 3.55. The summed E-state index contributed by atoms with van der Waals surface area (Å²) in [5.41, 5.74) is 5.35. The smallest absolute Gasteiger partial charge is 0.128 e. The standard InChI is InChI=1S/C14H23FN2/c1-8(2)11(5)14(17-16)13-10(4)6-9(3)7-12(13)15/h6-8,11,14,17H,16H2,1-5H3. The second kappa shape index (κ2) is 5.61. The lowest BCUT2D eigenvalue weighted by Gasteiger charge is -2.28. The Morgan fingerprint density at radius 1 is 1.18 bits per heavy atom. The molecule has 0 aromatic heterocycles. The van der Waals surface area contributed by atoms with Crippen molar-refractivity contribution in [1.29, 1.82) is 0 Å². The number of nitrogens with two attached hydrogens (primary N) is 1. The Morgan fingerprint density at radius 3 is 2.18 bits per heavy atom. The highest BCUT2D eigenvalue weighted by atomic mass is 19.1. The quantitative estimate of drug-likeness (QED) is 0.624. The van der Waals surface area contributed by atoms with Crippen LogP contribution >= 0.6 is 0 Å². The summed E-state index contributed by atoms with van der Waals surface area (Å²) in [7, 11) is 0. The molecule has 0 bridgehead atoms. The van der Waals surface area contributed by atoms with E-state index in [4.69, 9.17) is 5.84 Å². The molecule has 0 fully saturated rings. The second-order valence-electron chi connectivity index (χ2n) is 5.22. The van der Waals surface area contributed by atoms with Gasteiger partial charge in [-0.25, -0.2) is 4.39 Å². The van der Waals surface area contributed by atoms with Crippen LogP contribution in [0.2, 0.25) is 0 Å². The molecule has 1 aromatic carbocycles. The Morgan fingerprint density at radius 2 is 1.76 bits per heavy atom. The zero-order valence-electron chi connectivity index (χ0n) is 11.3. The fourth-order valence-electron chi connectivity index (χ4n) is 2.20. The van der Waals surface area contributed by atoms with Crippen LogP contribution in [0.5, 0.6) is 0 Å². The molecule has 1 rings (SSSR count). The summed E-state index contributed by atoms with van der Waals surface area (Å²) in [6.07, 6.45) is 0. The molecule has 96 valence electrons. The van der Waals surface area contributed by atoms with Crippen LogP contribution in [0.3, 0.4) is 0 Å². The molecule has 0 saturated carbocycles. The second-order valence-corrected chi connectivity index (χ2v) is 5.22. The molecular formula is C14H23FN2. The molecular weight excluding hydrogens is 215 g/mol. The average Bonchev–Trinajstić information content (AvgIpc) is 2.21. The summed E-state index contributed by atoms with van der Waals surface area (Å²) < 4.78 is 14.1. The van der Waals surface area contributed by atoms with Gasteiger partial charge in [0.2, 0.25) is 0 Å². The minimum Gasteiger partial charge on any atom is -0.271 e. The topological polar surface area (TPSA) is 38.0 Å². The van der Waals surface area contributed by atoms with Crippen LogP contribution in [0.15, 0.2) is 12.1 Å². The van der Waals surface area contributed by atoms with Gasteiger partial charge < -0.3 is 0 Å². The third-order valence-corrected chi connectivity index (χ3v) is 3.55. The molecule has 0 heterocycles. The van der Waals surface area contributed by atoms with Gasteiger partial charge in [-0.2, -0.15) is 0 Å². The molecule has 1 aromatic rings. The molecule has 2 unspecified atom stereocenters. The van der Waals surface area contributed by atoms with Crippen LogP contribution < -0.4 is 11.3 Å². The van der Waals surface area contributed by atoms with E-state index in [1.807, 2.05) is 19.9 Å². The third kappa shape index (κ3) is 3.05. The number of rotatable bonds is 4. The van der Waals surface area contributed by atoms with E-state index in [1.165, 1.54) is 0 Å². The lowest BCUT2D eigenvalue weighted by molar-refractivity contribution is 0.299. The van der Waals surface area contributed by atoms with E-state index in [0.29, 0.717) is 11.5 Å². The molecule has 0 saturated heterocycles. The van der Waals surface area contributed by atoms with E-state index in [-0.39, 0.29) is 17.8 Å². The van der Waals surface area contributed by atoms with Crippen molar-refractivity contribution in [3.05, 3.63) is 34.6 Å². The zero-order valence-corrected chi connectivity index (χ0v) is 11.3. The maximum atomic E-state index is 14.1. The van der Waals surface area contributed by atoms with E-state index in [1.54, 1.807) is 6.07 Å². The maximum Gasteiger partial charge on any atom is 0.128 e. The van der Waals surface area contributed by atoms with Crippen molar-refractivity contribution >= 4 is 0 Å². The van der Waals surface area contributed by atoms with Crippen LogP contribution in [-0.2, 0) is 0 Å². The largest absolute Gasteiger partial charge is 0.271 e. The molecule has 0 spiro atoms. The highest BCUT2D eigenvalue weighted by molar-refractivity contribution is 5.34. The Bertz CT molecular complexity index is 365. The molecule has 0 aliphatic carbocycles. The molecule has 3 N–H and O–H groups in total. The summed E-state index contributed by atoms with van der Waals surface area (Å²) in [5.74, 6) is 6.15. The first kappa shape index (κ1) is 14.1. The molecule has 2 atom stereocenters. The first-order chi connectivity index (χ1) is 7.88. The van der Waals surface area contributed by atoms with Gasteiger partial charge >= 0.3 is 0 Å². The summed E-state index contributed by atoms with van der Waals surface area (Å²) in [6.45, 7) is 10.2. The van der Waals surface area contributed by atoms with E-state index in [2.05, 4.69) is 26.2 Å². The predicted octanol–water partition coefficient (Wildman–Crippen LogP) is 3.24. The first-order valence-electron chi connectivity index (χ1n) is 6.11. The van der Waals surface area contributed by atoms with Crippen molar-refractivity contribution in [3.63, 3.8) is 0 Å². The number of hydrogen-bond acceptors (Lipinski definition) is 2. The SMILES string of the molecule is Cc1cc(C)c(C(NN)C(C)C(C)C)c(F)c1. The lowest BCUT2D eigenvalue weighted by Crippen LogP contribution is -2.35. The summed E-state index contributed by atoms with van der Waals surface area (Å²) in [5, 5.41) is 0. The van der Waals surface area contributed by atoms with Crippen LogP contribution in [0.1, 0.15) is 43.5 Å². The van der Waals surface area contributed by atoms with Crippen molar-refractivity contribution < 1.29 is 4.39 Å². The number of halogens is 1. The molecule has 17 heavy (non-hydrogen) atoms. The predicted molar refractivity (Wildman–Crippen MR) is 69.9 cm³/mol. The van der Waals surface area contributed by atoms with Crippen LogP contribution in [0, 0.1) is 31.5 Å². The molecule has 2 nitrogen and oxygen atoms in total. The van der Waals surface area contributed by atoms with Crippen molar-refractivity contribution in [2.24, 2.45) is 17.7 Å². The number of aryl methyl sites for hydroxylation is 2. The highest BCUT2D eigenvalue weighted by Gasteiger charge is 2.25. The monoisotopic (exact) mass is 238 g/mol. The minimum absolute atomic E-state index is 0.143. The Labute approximate surface area is 103 Å². The fraction of sp³-hybridized carbons (Fsp3) is 0.571. The molecule has 0 amide bonds. The summed E-state index contributed by atoms with van der Waals surface area (Å²) >= 11 is 0. The van der Waals surface area contributed by atoms with Gasteiger partial charge in [0.05, 0.1) is 6.04 Å². The van der Waals surface area contributed by atoms with Gasteiger partial charge in [-0.3, -0.25) is 11.3 Å². The molecule has 0 aliphatic rings. The molecule has 3 heteroatoms. The van der Waals surface area contributed by atoms with Crippen LogP contribution in [0.25, 0.3) is 0 Å². The van der Waals surface area contributed by atoms with Gasteiger partial charge in [0.25, 0.3) is 0 Å². The van der Waals surface area contributed by atoms with Crippen molar-refractivity contribution in [2.75, 3.05) is 0 Å². The van der Waals surface area contributed by atoms with E-state index >= 15 is 0 Å². The Hall–Kier alpha value is -0.930. The van der Waals surface area contributed by atoms with Crippen LogP contribution in [-0.4, -0.2) is 0 Å². The van der Waals surface area contributed by atoms with Gasteiger partial charge in [-0.1, -0.05) is 26.8 Å². The van der Waals surface area contributed by atoms with E-state index in [0.717, 1.165) is 11.1 Å². The normalized spacial score (nSPS) is 15.1. The summed E-state index contributed by atoms with van der Waals surface area (Å²) in [4.78, 5) is 0. The number of benzene rings is 1. The molecule has 0 radical (unpaired) electrons. The lowest BCUT2D eigenvalue weighted by atomic mass is 9.84.